The number of hydrogen-bond acceptors (Lipinski definition) is 4. The molecule has 0 saturated heterocycles. The molecule has 20 heavy (non-hydrogen) atoms. The predicted molar refractivity (Wildman–Crippen MR) is 78.7 cm³/mol. The number of hydrogen-bond donors (Lipinski definition) is 1. The molecule has 1 aromatic carbocycles. The lowest BCUT2D eigenvalue weighted by Crippen LogP contribution is -1.98. The fraction of sp³-hybridized carbons (Fsp3) is 0.200. The van der Waals surface area contributed by atoms with Gasteiger partial charge in [-0.05, 0) is 43.7 Å². The first-order valence-corrected chi connectivity index (χ1v) is 6.53. The van der Waals surface area contributed by atoms with E-state index < -0.39 is 0 Å². The van der Waals surface area contributed by atoms with Crippen LogP contribution in [-0.4, -0.2) is 21.2 Å². The number of rotatable bonds is 3. The van der Waals surface area contributed by atoms with Crippen molar-refractivity contribution in [3.63, 3.8) is 0 Å². The molecule has 2 heterocycles. The molecule has 0 unspecified atom stereocenters. The van der Waals surface area contributed by atoms with Gasteiger partial charge in [-0.25, -0.2) is 0 Å². The van der Waals surface area contributed by atoms with Gasteiger partial charge in [0.15, 0.2) is 11.5 Å². The van der Waals surface area contributed by atoms with E-state index in [-0.39, 0.29) is 0 Å². The summed E-state index contributed by atoms with van der Waals surface area (Å²) in [7, 11) is 0. The van der Waals surface area contributed by atoms with Crippen LogP contribution in [-0.2, 0) is 0 Å². The minimum atomic E-state index is 0.577. The highest BCUT2D eigenvalue weighted by atomic mass is 16.5. The lowest BCUT2D eigenvalue weighted by atomic mass is 10.1. The predicted octanol–water partition coefficient (Wildman–Crippen LogP) is 2.69. The standard InChI is InChI=1S/C15H16N4O/c1-3-20-13-8-11(5-6-12(13)16)15-18-17-14-7-4-10(2)9-19(14)15/h4-9H,3,16H2,1-2H3. The van der Waals surface area contributed by atoms with Crippen LogP contribution in [0.3, 0.4) is 0 Å². The Bertz CT molecular complexity index is 764. The zero-order valence-electron chi connectivity index (χ0n) is 11.5. The van der Waals surface area contributed by atoms with Gasteiger partial charge in [0.25, 0.3) is 0 Å². The Hall–Kier alpha value is -2.56. The topological polar surface area (TPSA) is 65.4 Å². The molecular formula is C15H16N4O. The maximum atomic E-state index is 5.90. The molecule has 3 aromatic rings. The van der Waals surface area contributed by atoms with E-state index in [9.17, 15) is 0 Å². The molecule has 2 N–H and O–H groups in total. The van der Waals surface area contributed by atoms with E-state index in [1.807, 2.05) is 54.8 Å². The Balaban J connectivity index is 2.15. The molecule has 0 aliphatic rings. The highest BCUT2D eigenvalue weighted by molar-refractivity contribution is 5.67. The van der Waals surface area contributed by atoms with E-state index in [4.69, 9.17) is 10.5 Å². The molecule has 0 atom stereocenters. The average molecular weight is 268 g/mol. The van der Waals surface area contributed by atoms with Crippen LogP contribution in [0.15, 0.2) is 36.5 Å². The first-order valence-electron chi connectivity index (χ1n) is 6.53. The van der Waals surface area contributed by atoms with Crippen molar-refractivity contribution in [3.05, 3.63) is 42.1 Å². The van der Waals surface area contributed by atoms with Crippen LogP contribution in [0.4, 0.5) is 5.69 Å². The van der Waals surface area contributed by atoms with Gasteiger partial charge in [-0.15, -0.1) is 10.2 Å². The summed E-state index contributed by atoms with van der Waals surface area (Å²) in [5, 5.41) is 8.43. The van der Waals surface area contributed by atoms with Crippen LogP contribution in [0.1, 0.15) is 12.5 Å². The number of pyridine rings is 1. The van der Waals surface area contributed by atoms with Crippen LogP contribution in [0.2, 0.25) is 0 Å². The van der Waals surface area contributed by atoms with Crippen molar-refractivity contribution in [2.24, 2.45) is 0 Å². The molecule has 5 nitrogen and oxygen atoms in total. The van der Waals surface area contributed by atoms with Crippen molar-refractivity contribution >= 4 is 11.3 Å². The average Bonchev–Trinajstić information content (AvgIpc) is 2.84. The second-order valence-corrected chi connectivity index (χ2v) is 4.64. The number of anilines is 1. The maximum absolute atomic E-state index is 5.90. The second-order valence-electron chi connectivity index (χ2n) is 4.64. The molecule has 5 heteroatoms. The second kappa shape index (κ2) is 4.85. The van der Waals surface area contributed by atoms with E-state index in [0.717, 1.165) is 22.6 Å². The third-order valence-corrected chi connectivity index (χ3v) is 3.12. The van der Waals surface area contributed by atoms with Gasteiger partial charge in [-0.1, -0.05) is 6.07 Å². The number of benzene rings is 1. The van der Waals surface area contributed by atoms with Gasteiger partial charge < -0.3 is 10.5 Å². The molecule has 0 aliphatic heterocycles. The van der Waals surface area contributed by atoms with Gasteiger partial charge >= 0.3 is 0 Å². The summed E-state index contributed by atoms with van der Waals surface area (Å²) in [4.78, 5) is 0. The smallest absolute Gasteiger partial charge is 0.168 e. The molecule has 0 amide bonds. The Morgan fingerprint density at radius 3 is 2.85 bits per heavy atom. The molecule has 0 bridgehead atoms. The highest BCUT2D eigenvalue weighted by Gasteiger charge is 2.10. The van der Waals surface area contributed by atoms with Crippen molar-refractivity contribution in [2.45, 2.75) is 13.8 Å². The fourth-order valence-electron chi connectivity index (χ4n) is 2.15. The Morgan fingerprint density at radius 2 is 2.05 bits per heavy atom. The molecule has 2 aromatic heterocycles. The van der Waals surface area contributed by atoms with Crippen LogP contribution in [0.25, 0.3) is 17.0 Å². The molecule has 0 saturated carbocycles. The van der Waals surface area contributed by atoms with Crippen molar-refractivity contribution < 1.29 is 4.74 Å². The van der Waals surface area contributed by atoms with Gasteiger partial charge in [0.1, 0.15) is 5.75 Å². The number of nitrogens with two attached hydrogens (primary N) is 1. The first-order chi connectivity index (χ1) is 9.69. The largest absolute Gasteiger partial charge is 0.492 e. The van der Waals surface area contributed by atoms with E-state index in [1.54, 1.807) is 0 Å². The van der Waals surface area contributed by atoms with Gasteiger partial charge in [0.2, 0.25) is 0 Å². The monoisotopic (exact) mass is 268 g/mol. The third kappa shape index (κ3) is 2.07. The zero-order chi connectivity index (χ0) is 14.1. The molecule has 0 spiro atoms. The van der Waals surface area contributed by atoms with E-state index >= 15 is 0 Å². The van der Waals surface area contributed by atoms with E-state index in [1.165, 1.54) is 0 Å². The quantitative estimate of drug-likeness (QED) is 0.742. The fourth-order valence-corrected chi connectivity index (χ4v) is 2.15. The van der Waals surface area contributed by atoms with Gasteiger partial charge in [0, 0.05) is 11.8 Å². The SMILES string of the molecule is CCOc1cc(-c2nnc3ccc(C)cn23)ccc1N. The number of fused-ring (bicyclic) bond motifs is 1. The first kappa shape index (κ1) is 12.5. The van der Waals surface area contributed by atoms with Crippen LogP contribution >= 0.6 is 0 Å². The van der Waals surface area contributed by atoms with Crippen LogP contribution in [0.5, 0.6) is 5.75 Å². The van der Waals surface area contributed by atoms with Crippen LogP contribution in [0, 0.1) is 6.92 Å². The highest BCUT2D eigenvalue weighted by Crippen LogP contribution is 2.28. The Labute approximate surface area is 117 Å². The van der Waals surface area contributed by atoms with Gasteiger partial charge in [-0.2, -0.15) is 0 Å². The van der Waals surface area contributed by atoms with Crippen molar-refractivity contribution in [1.29, 1.82) is 0 Å². The lowest BCUT2D eigenvalue weighted by molar-refractivity contribution is 0.342. The number of nitrogens with zero attached hydrogens (tertiary/aromatic N) is 3. The molecule has 0 radical (unpaired) electrons. The zero-order valence-corrected chi connectivity index (χ0v) is 11.5. The summed E-state index contributed by atoms with van der Waals surface area (Å²) in [6.07, 6.45) is 2.02. The summed E-state index contributed by atoms with van der Waals surface area (Å²) >= 11 is 0. The molecular weight excluding hydrogens is 252 g/mol. The Morgan fingerprint density at radius 1 is 1.20 bits per heavy atom. The third-order valence-electron chi connectivity index (χ3n) is 3.12. The van der Waals surface area contributed by atoms with E-state index in [2.05, 4.69) is 10.2 Å². The molecule has 0 fully saturated rings. The summed E-state index contributed by atoms with van der Waals surface area (Å²) in [5.74, 6) is 1.46. The number of ether oxygens (including phenoxy) is 1. The van der Waals surface area contributed by atoms with Crippen LogP contribution < -0.4 is 10.5 Å². The lowest BCUT2D eigenvalue weighted by Gasteiger charge is -2.08. The van der Waals surface area contributed by atoms with E-state index in [0.29, 0.717) is 18.0 Å². The molecule has 0 aliphatic carbocycles. The maximum Gasteiger partial charge on any atom is 0.168 e. The van der Waals surface area contributed by atoms with Crippen molar-refractivity contribution in [2.75, 3.05) is 12.3 Å². The number of aryl methyl sites for hydroxylation is 1. The number of nitrogen functional groups attached to an aromatic ring is 1. The molecule has 102 valence electrons. The number of aromatic nitrogens is 3. The molecule has 3 rings (SSSR count). The normalized spacial score (nSPS) is 10.9. The van der Waals surface area contributed by atoms with Gasteiger partial charge in [0.05, 0.1) is 12.3 Å². The summed E-state index contributed by atoms with van der Waals surface area (Å²) in [6.45, 7) is 4.55. The summed E-state index contributed by atoms with van der Waals surface area (Å²) in [5.41, 5.74) is 9.43. The van der Waals surface area contributed by atoms with Crippen molar-refractivity contribution in [3.8, 4) is 17.1 Å². The Kier molecular flexibility index (Phi) is 3.02. The minimum absolute atomic E-state index is 0.577. The minimum Gasteiger partial charge on any atom is -0.492 e. The van der Waals surface area contributed by atoms with Crippen molar-refractivity contribution in [1.82, 2.24) is 14.6 Å². The van der Waals surface area contributed by atoms with Gasteiger partial charge in [-0.3, -0.25) is 4.40 Å². The summed E-state index contributed by atoms with van der Waals surface area (Å²) < 4.78 is 7.50. The summed E-state index contributed by atoms with van der Waals surface area (Å²) in [6, 6.07) is 9.63.